The highest BCUT2D eigenvalue weighted by atomic mass is 35.5. The van der Waals surface area contributed by atoms with Crippen LogP contribution in [0.15, 0.2) is 11.1 Å². The van der Waals surface area contributed by atoms with Gasteiger partial charge in [0.2, 0.25) is 0 Å². The second-order valence-electron chi connectivity index (χ2n) is 5.06. The quantitative estimate of drug-likeness (QED) is 0.662. The number of hydrogen-bond donors (Lipinski definition) is 1. The van der Waals surface area contributed by atoms with Crippen molar-refractivity contribution in [1.82, 2.24) is 0 Å². The summed E-state index contributed by atoms with van der Waals surface area (Å²) in [4.78, 5) is 12.0. The van der Waals surface area contributed by atoms with E-state index in [0.29, 0.717) is 10.8 Å². The number of aliphatic hydroxyl groups is 1. The molecule has 7 unspecified atom stereocenters. The molecule has 2 heterocycles. The van der Waals surface area contributed by atoms with Gasteiger partial charge in [-0.3, -0.25) is 4.79 Å². The highest BCUT2D eigenvalue weighted by Gasteiger charge is 2.67. The molecule has 0 aromatic carbocycles. The molecular weight excluding hydrogens is 216 g/mol. The minimum atomic E-state index is -0.689. The Hall–Kier alpha value is -0.380. The molecule has 15 heavy (non-hydrogen) atoms. The van der Waals surface area contributed by atoms with Gasteiger partial charge in [-0.25, -0.2) is 0 Å². The largest absolute Gasteiger partial charge is 0.387 e. The lowest BCUT2D eigenvalue weighted by molar-refractivity contribution is -0.135. The topological polar surface area (TPSA) is 46.5 Å². The summed E-state index contributed by atoms with van der Waals surface area (Å²) in [5, 5.41) is 10.5. The summed E-state index contributed by atoms with van der Waals surface area (Å²) in [6.45, 7) is 0. The molecule has 80 valence electrons. The number of rotatable bonds is 0. The fraction of sp³-hybridized carbons (Fsp3) is 0.727. The summed E-state index contributed by atoms with van der Waals surface area (Å²) >= 11 is 6.00. The van der Waals surface area contributed by atoms with E-state index in [4.69, 9.17) is 16.3 Å². The molecule has 2 saturated carbocycles. The van der Waals surface area contributed by atoms with Gasteiger partial charge in [-0.05, 0) is 6.42 Å². The Balaban J connectivity index is 1.92. The first-order valence-corrected chi connectivity index (χ1v) is 5.81. The van der Waals surface area contributed by atoms with Gasteiger partial charge >= 0.3 is 0 Å². The van der Waals surface area contributed by atoms with Gasteiger partial charge < -0.3 is 9.84 Å². The second kappa shape index (κ2) is 2.47. The Morgan fingerprint density at radius 3 is 3.13 bits per heavy atom. The average molecular weight is 227 g/mol. The van der Waals surface area contributed by atoms with E-state index in [2.05, 4.69) is 0 Å². The maximum absolute atomic E-state index is 12.0. The predicted molar refractivity (Wildman–Crippen MR) is 52.2 cm³/mol. The average Bonchev–Trinajstić information content (AvgIpc) is 2.65. The van der Waals surface area contributed by atoms with Crippen LogP contribution in [-0.4, -0.2) is 29.2 Å². The van der Waals surface area contributed by atoms with Crippen LogP contribution in [0.2, 0.25) is 0 Å². The number of halogens is 1. The number of hydrogen-bond acceptors (Lipinski definition) is 3. The van der Waals surface area contributed by atoms with E-state index in [1.165, 1.54) is 0 Å². The maximum Gasteiger partial charge on any atom is 0.142 e. The van der Waals surface area contributed by atoms with Crippen LogP contribution in [0.3, 0.4) is 0 Å². The molecule has 0 aromatic rings. The summed E-state index contributed by atoms with van der Waals surface area (Å²) in [6, 6.07) is 0. The van der Waals surface area contributed by atoms with Crippen molar-refractivity contribution < 1.29 is 14.6 Å². The van der Waals surface area contributed by atoms with Gasteiger partial charge in [-0.2, -0.15) is 0 Å². The fourth-order valence-electron chi connectivity index (χ4n) is 3.99. The van der Waals surface area contributed by atoms with E-state index < -0.39 is 6.10 Å². The Kier molecular flexibility index (Phi) is 1.44. The van der Waals surface area contributed by atoms with Gasteiger partial charge in [-0.15, -0.1) is 0 Å². The van der Waals surface area contributed by atoms with Crippen molar-refractivity contribution in [2.24, 2.45) is 23.7 Å². The van der Waals surface area contributed by atoms with Gasteiger partial charge in [0.25, 0.3) is 0 Å². The van der Waals surface area contributed by atoms with Crippen LogP contribution in [0, 0.1) is 23.7 Å². The molecule has 2 saturated heterocycles. The highest BCUT2D eigenvalue weighted by Crippen LogP contribution is 2.59. The number of Topliss-reactive ketones (excluding diaryl/α,β-unsaturated/α-hetero) is 1. The van der Waals surface area contributed by atoms with Crippen molar-refractivity contribution in [2.45, 2.75) is 24.7 Å². The Morgan fingerprint density at radius 1 is 1.53 bits per heavy atom. The third kappa shape index (κ3) is 0.811. The standard InChI is InChI=1S/C11H11ClO3/c12-5-1-4-3-2-6-7(9(3)13)8(10(5)14)11(4)15-6/h1,3-4,6-8,10-11,14H,2H2. The van der Waals surface area contributed by atoms with Crippen LogP contribution in [0.5, 0.6) is 0 Å². The zero-order chi connectivity index (χ0) is 10.3. The van der Waals surface area contributed by atoms with E-state index in [0.717, 1.165) is 6.42 Å². The molecule has 0 amide bonds. The monoisotopic (exact) mass is 226 g/mol. The molecule has 0 spiro atoms. The van der Waals surface area contributed by atoms with E-state index >= 15 is 0 Å². The molecule has 6 bridgehead atoms. The zero-order valence-electron chi connectivity index (χ0n) is 7.97. The maximum atomic E-state index is 12.0. The minimum Gasteiger partial charge on any atom is -0.387 e. The summed E-state index contributed by atoms with van der Waals surface area (Å²) in [7, 11) is 0. The first-order chi connectivity index (χ1) is 7.18. The van der Waals surface area contributed by atoms with Crippen LogP contribution < -0.4 is 0 Å². The fourth-order valence-corrected chi connectivity index (χ4v) is 4.29. The third-order valence-electron chi connectivity index (χ3n) is 4.55. The molecule has 0 aromatic heterocycles. The number of ether oxygens (including phenoxy) is 1. The molecule has 4 fully saturated rings. The Labute approximate surface area is 92.0 Å². The van der Waals surface area contributed by atoms with Gasteiger partial charge in [0, 0.05) is 22.8 Å². The van der Waals surface area contributed by atoms with Crippen LogP contribution in [0.4, 0.5) is 0 Å². The van der Waals surface area contributed by atoms with E-state index in [1.807, 2.05) is 6.08 Å². The molecule has 7 atom stereocenters. The van der Waals surface area contributed by atoms with Crippen LogP contribution >= 0.6 is 11.6 Å². The normalized spacial score (nSPS) is 60.0. The van der Waals surface area contributed by atoms with Crippen molar-refractivity contribution >= 4 is 17.4 Å². The lowest BCUT2D eigenvalue weighted by Gasteiger charge is -2.42. The van der Waals surface area contributed by atoms with Crippen molar-refractivity contribution in [2.75, 3.05) is 0 Å². The predicted octanol–water partition coefficient (Wildman–Crippen LogP) is 0.702. The third-order valence-corrected chi connectivity index (χ3v) is 4.90. The van der Waals surface area contributed by atoms with Crippen molar-refractivity contribution in [3.8, 4) is 0 Å². The van der Waals surface area contributed by atoms with Gasteiger partial charge in [0.05, 0.1) is 24.2 Å². The second-order valence-corrected chi connectivity index (χ2v) is 5.50. The summed E-state index contributed by atoms with van der Waals surface area (Å²) in [5.41, 5.74) is 0. The molecule has 3 nitrogen and oxygen atoms in total. The van der Waals surface area contributed by atoms with E-state index in [-0.39, 0.29) is 35.9 Å². The van der Waals surface area contributed by atoms with Crippen molar-refractivity contribution in [3.63, 3.8) is 0 Å². The summed E-state index contributed by atoms with van der Waals surface area (Å²) in [5.74, 6) is 0.352. The molecule has 1 N–H and O–H groups in total. The molecule has 0 radical (unpaired) electrons. The van der Waals surface area contributed by atoms with Crippen LogP contribution in [0.1, 0.15) is 6.42 Å². The van der Waals surface area contributed by atoms with Gasteiger partial charge in [-0.1, -0.05) is 17.7 Å². The van der Waals surface area contributed by atoms with Crippen LogP contribution in [-0.2, 0) is 9.53 Å². The smallest absolute Gasteiger partial charge is 0.142 e. The number of ketones is 1. The molecule has 5 rings (SSSR count). The SMILES string of the molecule is O=C1C2CC3OC4C2C=C(Cl)C(O)C4C13. The summed E-state index contributed by atoms with van der Waals surface area (Å²) < 4.78 is 5.82. The lowest BCUT2D eigenvalue weighted by Crippen LogP contribution is -2.50. The first-order valence-electron chi connectivity index (χ1n) is 5.43. The minimum absolute atomic E-state index is 0.0361. The van der Waals surface area contributed by atoms with Gasteiger partial charge in [0.15, 0.2) is 0 Å². The van der Waals surface area contributed by atoms with Crippen molar-refractivity contribution in [1.29, 1.82) is 0 Å². The molecule has 2 aliphatic heterocycles. The number of aliphatic hydroxyl groups excluding tert-OH is 1. The highest BCUT2D eigenvalue weighted by molar-refractivity contribution is 6.30. The Bertz CT molecular complexity index is 391. The zero-order valence-corrected chi connectivity index (χ0v) is 8.72. The lowest BCUT2D eigenvalue weighted by atomic mass is 9.66. The number of carbonyl (C=O) groups excluding carboxylic acids is 1. The summed E-state index contributed by atoms with van der Waals surface area (Å²) in [6.07, 6.45) is 2.07. The number of carbonyl (C=O) groups is 1. The molecule has 4 heteroatoms. The molecular formula is C11H11ClO3. The van der Waals surface area contributed by atoms with E-state index in [1.54, 1.807) is 0 Å². The van der Waals surface area contributed by atoms with Crippen LogP contribution in [0.25, 0.3) is 0 Å². The van der Waals surface area contributed by atoms with Crippen molar-refractivity contribution in [3.05, 3.63) is 11.1 Å². The van der Waals surface area contributed by atoms with E-state index in [9.17, 15) is 9.90 Å². The molecule has 5 aliphatic rings. The molecule has 3 aliphatic carbocycles. The Morgan fingerprint density at radius 2 is 2.33 bits per heavy atom. The first kappa shape index (κ1) is 8.74. The van der Waals surface area contributed by atoms with Gasteiger partial charge in [0.1, 0.15) is 5.78 Å².